The van der Waals surface area contributed by atoms with Crippen LogP contribution in [0, 0.1) is 0 Å². The van der Waals surface area contributed by atoms with Gasteiger partial charge in [0.2, 0.25) is 0 Å². The van der Waals surface area contributed by atoms with Gasteiger partial charge < -0.3 is 10.2 Å². The number of hydrogen-bond donors (Lipinski definition) is 1. The van der Waals surface area contributed by atoms with Crippen molar-refractivity contribution in [1.29, 1.82) is 0 Å². The van der Waals surface area contributed by atoms with E-state index in [1.807, 2.05) is 12.3 Å². The van der Waals surface area contributed by atoms with Crippen molar-refractivity contribution in [2.75, 3.05) is 18.0 Å². The molecule has 0 amide bonds. The standard InChI is InChI=1S/C13H15N5/c1-4-14-7-9-10(1)16-8-17-13(9)18-6-3-11-12(18)2-5-15-11/h1,4,7-8,11-12,15H,2-3,5-6H2. The molecule has 0 radical (unpaired) electrons. The molecule has 2 aliphatic heterocycles. The number of anilines is 1. The highest BCUT2D eigenvalue weighted by atomic mass is 15.3. The lowest BCUT2D eigenvalue weighted by atomic mass is 10.1. The van der Waals surface area contributed by atoms with Crippen LogP contribution in [0.1, 0.15) is 12.8 Å². The minimum absolute atomic E-state index is 0.586. The molecule has 18 heavy (non-hydrogen) atoms. The lowest BCUT2D eigenvalue weighted by Gasteiger charge is -2.25. The number of rotatable bonds is 1. The summed E-state index contributed by atoms with van der Waals surface area (Å²) in [5.74, 6) is 1.05. The van der Waals surface area contributed by atoms with Gasteiger partial charge in [-0.05, 0) is 25.5 Å². The Bertz CT molecular complexity index is 579. The van der Waals surface area contributed by atoms with Gasteiger partial charge >= 0.3 is 0 Å². The maximum Gasteiger partial charge on any atom is 0.141 e. The van der Waals surface area contributed by atoms with Gasteiger partial charge in [0.15, 0.2) is 0 Å². The number of fused-ring (bicyclic) bond motifs is 2. The lowest BCUT2D eigenvalue weighted by molar-refractivity contribution is 0.600. The summed E-state index contributed by atoms with van der Waals surface area (Å²) < 4.78 is 0. The van der Waals surface area contributed by atoms with Crippen molar-refractivity contribution in [3.63, 3.8) is 0 Å². The Labute approximate surface area is 105 Å². The van der Waals surface area contributed by atoms with Gasteiger partial charge in [-0.2, -0.15) is 0 Å². The Morgan fingerprint density at radius 1 is 1.28 bits per heavy atom. The quantitative estimate of drug-likeness (QED) is 0.806. The van der Waals surface area contributed by atoms with Gasteiger partial charge in [-0.1, -0.05) is 0 Å². The third-order valence-electron chi connectivity index (χ3n) is 4.08. The molecule has 0 spiro atoms. The van der Waals surface area contributed by atoms with E-state index in [4.69, 9.17) is 0 Å². The zero-order valence-electron chi connectivity index (χ0n) is 10.1. The molecular formula is C13H15N5. The van der Waals surface area contributed by atoms with Crippen molar-refractivity contribution < 1.29 is 0 Å². The van der Waals surface area contributed by atoms with E-state index in [2.05, 4.69) is 25.2 Å². The molecule has 0 bridgehead atoms. The van der Waals surface area contributed by atoms with Gasteiger partial charge in [0.25, 0.3) is 0 Å². The van der Waals surface area contributed by atoms with Crippen LogP contribution in [0.4, 0.5) is 5.82 Å². The monoisotopic (exact) mass is 241 g/mol. The molecule has 92 valence electrons. The molecule has 2 aliphatic rings. The van der Waals surface area contributed by atoms with Crippen LogP contribution in [0.15, 0.2) is 24.8 Å². The second-order valence-electron chi connectivity index (χ2n) is 4.99. The van der Waals surface area contributed by atoms with Crippen LogP contribution in [-0.4, -0.2) is 40.1 Å². The molecule has 2 fully saturated rings. The minimum atomic E-state index is 0.586. The maximum absolute atomic E-state index is 4.50. The number of hydrogen-bond acceptors (Lipinski definition) is 5. The molecule has 4 heterocycles. The van der Waals surface area contributed by atoms with E-state index in [0.717, 1.165) is 29.8 Å². The van der Waals surface area contributed by atoms with Gasteiger partial charge in [-0.3, -0.25) is 4.98 Å². The Kier molecular flexibility index (Phi) is 2.20. The van der Waals surface area contributed by atoms with Crippen LogP contribution < -0.4 is 10.2 Å². The normalized spacial score (nSPS) is 26.8. The van der Waals surface area contributed by atoms with E-state index in [1.165, 1.54) is 12.8 Å². The fourth-order valence-electron chi connectivity index (χ4n) is 3.24. The highest BCUT2D eigenvalue weighted by Crippen LogP contribution is 2.32. The molecule has 2 atom stereocenters. The lowest BCUT2D eigenvalue weighted by Crippen LogP contribution is -2.34. The number of pyridine rings is 1. The first-order valence-electron chi connectivity index (χ1n) is 6.48. The molecular weight excluding hydrogens is 226 g/mol. The highest BCUT2D eigenvalue weighted by molar-refractivity contribution is 5.88. The predicted octanol–water partition coefficient (Wildman–Crippen LogP) is 0.965. The first-order chi connectivity index (χ1) is 8.93. The van der Waals surface area contributed by atoms with Crippen LogP contribution in [0.3, 0.4) is 0 Å². The van der Waals surface area contributed by atoms with Crippen LogP contribution in [0.2, 0.25) is 0 Å². The minimum Gasteiger partial charge on any atom is -0.351 e. The summed E-state index contributed by atoms with van der Waals surface area (Å²) in [6.45, 7) is 2.19. The van der Waals surface area contributed by atoms with Gasteiger partial charge in [0.05, 0.1) is 10.9 Å². The van der Waals surface area contributed by atoms with Crippen molar-refractivity contribution >= 4 is 16.7 Å². The summed E-state index contributed by atoms with van der Waals surface area (Å²) >= 11 is 0. The Hall–Kier alpha value is -1.75. The highest BCUT2D eigenvalue weighted by Gasteiger charge is 2.38. The third kappa shape index (κ3) is 1.40. The topological polar surface area (TPSA) is 53.9 Å². The van der Waals surface area contributed by atoms with Crippen molar-refractivity contribution in [2.24, 2.45) is 0 Å². The summed E-state index contributed by atoms with van der Waals surface area (Å²) in [6, 6.07) is 3.16. The molecule has 4 rings (SSSR count). The maximum atomic E-state index is 4.50. The van der Waals surface area contributed by atoms with Crippen LogP contribution in [0.25, 0.3) is 10.9 Å². The van der Waals surface area contributed by atoms with E-state index in [0.29, 0.717) is 12.1 Å². The second kappa shape index (κ2) is 3.88. The molecule has 5 heteroatoms. The number of aromatic nitrogens is 3. The van der Waals surface area contributed by atoms with Crippen LogP contribution in [-0.2, 0) is 0 Å². The third-order valence-corrected chi connectivity index (χ3v) is 4.08. The van der Waals surface area contributed by atoms with E-state index >= 15 is 0 Å². The smallest absolute Gasteiger partial charge is 0.141 e. The molecule has 2 aromatic heterocycles. The van der Waals surface area contributed by atoms with Gasteiger partial charge in [-0.15, -0.1) is 0 Å². The first kappa shape index (κ1) is 10.2. The summed E-state index contributed by atoms with van der Waals surface area (Å²) in [4.78, 5) is 15.4. The average Bonchev–Trinajstić information content (AvgIpc) is 3.01. The first-order valence-corrected chi connectivity index (χ1v) is 6.48. The number of nitrogens with zero attached hydrogens (tertiary/aromatic N) is 4. The predicted molar refractivity (Wildman–Crippen MR) is 69.5 cm³/mol. The Balaban J connectivity index is 1.83. The van der Waals surface area contributed by atoms with Crippen molar-refractivity contribution in [2.45, 2.75) is 24.9 Å². The van der Waals surface area contributed by atoms with E-state index < -0.39 is 0 Å². The fraction of sp³-hybridized carbons (Fsp3) is 0.462. The summed E-state index contributed by atoms with van der Waals surface area (Å²) in [7, 11) is 0. The van der Waals surface area contributed by atoms with E-state index in [9.17, 15) is 0 Å². The summed E-state index contributed by atoms with van der Waals surface area (Å²) in [6.07, 6.45) is 7.73. The Morgan fingerprint density at radius 3 is 3.28 bits per heavy atom. The average molecular weight is 241 g/mol. The van der Waals surface area contributed by atoms with Crippen LogP contribution in [0.5, 0.6) is 0 Å². The number of nitrogens with one attached hydrogen (secondary N) is 1. The molecule has 2 aromatic rings. The molecule has 2 saturated heterocycles. The van der Waals surface area contributed by atoms with Gasteiger partial charge in [0, 0.05) is 31.0 Å². The Morgan fingerprint density at radius 2 is 2.28 bits per heavy atom. The molecule has 0 aliphatic carbocycles. The molecule has 0 aromatic carbocycles. The second-order valence-corrected chi connectivity index (χ2v) is 4.99. The molecule has 1 N–H and O–H groups in total. The SMILES string of the molecule is c1cc2ncnc(N3CCC4NCCC43)c2cn1. The molecule has 0 saturated carbocycles. The van der Waals surface area contributed by atoms with E-state index in [1.54, 1.807) is 12.5 Å². The van der Waals surface area contributed by atoms with Gasteiger partial charge in [0.1, 0.15) is 12.1 Å². The zero-order chi connectivity index (χ0) is 11.9. The summed E-state index contributed by atoms with van der Waals surface area (Å²) in [5.41, 5.74) is 0.976. The van der Waals surface area contributed by atoms with Gasteiger partial charge in [-0.25, -0.2) is 9.97 Å². The van der Waals surface area contributed by atoms with Crippen LogP contribution >= 0.6 is 0 Å². The van der Waals surface area contributed by atoms with Crippen molar-refractivity contribution in [3.8, 4) is 0 Å². The fourth-order valence-corrected chi connectivity index (χ4v) is 3.24. The van der Waals surface area contributed by atoms with Crippen molar-refractivity contribution in [1.82, 2.24) is 20.3 Å². The zero-order valence-corrected chi connectivity index (χ0v) is 10.1. The summed E-state index contributed by atoms with van der Waals surface area (Å²) in [5, 5.41) is 4.63. The molecule has 5 nitrogen and oxygen atoms in total. The van der Waals surface area contributed by atoms with Crippen molar-refractivity contribution in [3.05, 3.63) is 24.8 Å². The molecule has 2 unspecified atom stereocenters. The largest absolute Gasteiger partial charge is 0.351 e. The van der Waals surface area contributed by atoms with E-state index in [-0.39, 0.29) is 0 Å².